The van der Waals surface area contributed by atoms with Crippen molar-refractivity contribution < 1.29 is 8.42 Å². The molecule has 0 aliphatic carbocycles. The van der Waals surface area contributed by atoms with Gasteiger partial charge >= 0.3 is 0 Å². The molecule has 0 amide bonds. The first-order valence-corrected chi connectivity index (χ1v) is 7.07. The molecule has 96 valence electrons. The quantitative estimate of drug-likeness (QED) is 0.532. The Kier molecular flexibility index (Phi) is 4.92. The third-order valence-corrected chi connectivity index (χ3v) is 4.06. The first-order valence-electron chi connectivity index (χ1n) is 5.59. The van der Waals surface area contributed by atoms with Crippen molar-refractivity contribution in [1.29, 1.82) is 0 Å². The van der Waals surface area contributed by atoms with E-state index in [9.17, 15) is 8.42 Å². The average molecular weight is 257 g/mol. The van der Waals surface area contributed by atoms with Gasteiger partial charge in [-0.3, -0.25) is 5.84 Å². The minimum atomic E-state index is -3.52. The summed E-state index contributed by atoms with van der Waals surface area (Å²) in [7, 11) is -3.52. The number of nitrogens with one attached hydrogen (secondary N) is 2. The van der Waals surface area contributed by atoms with Crippen LogP contribution in [0.25, 0.3) is 0 Å². The Morgan fingerprint density at radius 1 is 1.35 bits per heavy atom. The summed E-state index contributed by atoms with van der Waals surface area (Å²) in [5, 5.41) is 0. The van der Waals surface area contributed by atoms with Gasteiger partial charge in [0.25, 0.3) is 0 Å². The summed E-state index contributed by atoms with van der Waals surface area (Å²) >= 11 is 0. The van der Waals surface area contributed by atoms with E-state index in [-0.39, 0.29) is 10.9 Å². The van der Waals surface area contributed by atoms with Crippen LogP contribution < -0.4 is 16.0 Å². The molecule has 1 atom stereocenters. The molecule has 0 radical (unpaired) electrons. The van der Waals surface area contributed by atoms with Gasteiger partial charge in [0.05, 0.1) is 5.69 Å². The van der Waals surface area contributed by atoms with Gasteiger partial charge in [-0.15, -0.1) is 0 Å². The summed E-state index contributed by atoms with van der Waals surface area (Å²) < 4.78 is 26.8. The number of hydrazine groups is 1. The lowest BCUT2D eigenvalue weighted by Crippen LogP contribution is -2.33. The van der Waals surface area contributed by atoms with Crippen molar-refractivity contribution in [3.8, 4) is 0 Å². The normalized spacial score (nSPS) is 13.4. The summed E-state index contributed by atoms with van der Waals surface area (Å²) in [5.74, 6) is 5.29. The second kappa shape index (κ2) is 6.00. The molecule has 6 heteroatoms. The fraction of sp³-hybridized carbons (Fsp3) is 0.455. The SMILES string of the molecule is CCCC(C)NS(=O)(=O)c1ccccc1NN. The zero-order chi connectivity index (χ0) is 12.9. The highest BCUT2D eigenvalue weighted by Crippen LogP contribution is 2.19. The van der Waals surface area contributed by atoms with Crippen LogP contribution >= 0.6 is 0 Å². The van der Waals surface area contributed by atoms with Crippen LogP contribution in [0, 0.1) is 0 Å². The highest BCUT2D eigenvalue weighted by Gasteiger charge is 2.19. The maximum absolute atomic E-state index is 12.1. The summed E-state index contributed by atoms with van der Waals surface area (Å²) in [6.07, 6.45) is 1.73. The number of para-hydroxylation sites is 1. The molecule has 0 aromatic heterocycles. The molecule has 1 unspecified atom stereocenters. The molecule has 1 aromatic carbocycles. The van der Waals surface area contributed by atoms with Crippen molar-refractivity contribution in [3.63, 3.8) is 0 Å². The smallest absolute Gasteiger partial charge is 0.242 e. The highest BCUT2D eigenvalue weighted by molar-refractivity contribution is 7.89. The van der Waals surface area contributed by atoms with Crippen LogP contribution in [0.5, 0.6) is 0 Å². The van der Waals surface area contributed by atoms with Gasteiger partial charge in [0, 0.05) is 6.04 Å². The van der Waals surface area contributed by atoms with Gasteiger partial charge in [0.15, 0.2) is 0 Å². The monoisotopic (exact) mass is 257 g/mol. The maximum Gasteiger partial charge on any atom is 0.242 e. The molecule has 0 heterocycles. The third kappa shape index (κ3) is 3.69. The van der Waals surface area contributed by atoms with Crippen molar-refractivity contribution in [2.24, 2.45) is 5.84 Å². The Morgan fingerprint density at radius 2 is 2.00 bits per heavy atom. The Labute approximate surface area is 102 Å². The molecule has 1 aromatic rings. The molecule has 0 saturated carbocycles. The number of nitrogen functional groups attached to an aromatic ring is 1. The number of nitrogens with two attached hydrogens (primary N) is 1. The van der Waals surface area contributed by atoms with Gasteiger partial charge in [-0.25, -0.2) is 13.1 Å². The summed E-state index contributed by atoms with van der Waals surface area (Å²) in [4.78, 5) is 0.172. The molecular formula is C11H19N3O2S. The second-order valence-corrected chi connectivity index (χ2v) is 5.63. The zero-order valence-electron chi connectivity index (χ0n) is 10.1. The Balaban J connectivity index is 2.97. The van der Waals surface area contributed by atoms with E-state index >= 15 is 0 Å². The molecule has 5 nitrogen and oxygen atoms in total. The lowest BCUT2D eigenvalue weighted by molar-refractivity contribution is 0.544. The van der Waals surface area contributed by atoms with Crippen molar-refractivity contribution in [1.82, 2.24) is 4.72 Å². The number of sulfonamides is 1. The third-order valence-electron chi connectivity index (χ3n) is 2.41. The summed E-state index contributed by atoms with van der Waals surface area (Å²) in [5.41, 5.74) is 2.78. The first kappa shape index (κ1) is 14.0. The van der Waals surface area contributed by atoms with E-state index in [2.05, 4.69) is 10.1 Å². The van der Waals surface area contributed by atoms with E-state index in [0.717, 1.165) is 12.8 Å². The molecule has 17 heavy (non-hydrogen) atoms. The standard InChI is InChI=1S/C11H19N3O2S/c1-3-6-9(2)14-17(15,16)11-8-5-4-7-10(11)13-12/h4-5,7-9,13-14H,3,6,12H2,1-2H3. The number of anilines is 1. The van der Waals surface area contributed by atoms with E-state index in [1.54, 1.807) is 18.2 Å². The van der Waals surface area contributed by atoms with E-state index in [4.69, 9.17) is 5.84 Å². The summed E-state index contributed by atoms with van der Waals surface area (Å²) in [6.45, 7) is 3.86. The Bertz CT molecular complexity index is 460. The Hall–Kier alpha value is -1.11. The first-order chi connectivity index (χ1) is 8.01. The van der Waals surface area contributed by atoms with Crippen LogP contribution in [-0.4, -0.2) is 14.5 Å². The number of hydrogen-bond donors (Lipinski definition) is 3. The van der Waals surface area contributed by atoms with Crippen molar-refractivity contribution in [3.05, 3.63) is 24.3 Å². The van der Waals surface area contributed by atoms with Crippen molar-refractivity contribution in [2.45, 2.75) is 37.6 Å². The van der Waals surface area contributed by atoms with Gasteiger partial charge in [-0.05, 0) is 25.5 Å². The largest absolute Gasteiger partial charge is 0.323 e. The van der Waals surface area contributed by atoms with Crippen molar-refractivity contribution >= 4 is 15.7 Å². The minimum absolute atomic E-state index is 0.0872. The molecule has 1 rings (SSSR count). The van der Waals surface area contributed by atoms with Gasteiger partial charge in [-0.2, -0.15) is 0 Å². The number of hydrogen-bond acceptors (Lipinski definition) is 4. The van der Waals surface area contributed by atoms with Crippen LogP contribution in [0.3, 0.4) is 0 Å². The highest BCUT2D eigenvalue weighted by atomic mass is 32.2. The van der Waals surface area contributed by atoms with E-state index in [0.29, 0.717) is 5.69 Å². The van der Waals surface area contributed by atoms with Crippen LogP contribution in [-0.2, 0) is 10.0 Å². The van der Waals surface area contributed by atoms with Gasteiger partial charge in [0.2, 0.25) is 10.0 Å². The molecule has 0 saturated heterocycles. The van der Waals surface area contributed by atoms with Gasteiger partial charge < -0.3 is 5.43 Å². The van der Waals surface area contributed by atoms with Crippen LogP contribution in [0.1, 0.15) is 26.7 Å². The second-order valence-electron chi connectivity index (χ2n) is 3.95. The van der Waals surface area contributed by atoms with Crippen LogP contribution in [0.4, 0.5) is 5.69 Å². The van der Waals surface area contributed by atoms with Crippen LogP contribution in [0.2, 0.25) is 0 Å². The predicted octanol–water partition coefficient (Wildman–Crippen LogP) is 1.44. The molecule has 0 bridgehead atoms. The molecule has 0 aliphatic heterocycles. The fourth-order valence-corrected chi connectivity index (χ4v) is 3.09. The lowest BCUT2D eigenvalue weighted by atomic mass is 10.2. The molecule has 4 N–H and O–H groups in total. The van der Waals surface area contributed by atoms with Gasteiger partial charge in [0.1, 0.15) is 4.90 Å². The van der Waals surface area contributed by atoms with Gasteiger partial charge in [-0.1, -0.05) is 25.5 Å². The maximum atomic E-state index is 12.1. The number of rotatable bonds is 6. The molecular weight excluding hydrogens is 238 g/mol. The molecule has 0 spiro atoms. The minimum Gasteiger partial charge on any atom is -0.323 e. The lowest BCUT2D eigenvalue weighted by Gasteiger charge is -2.15. The number of benzene rings is 1. The fourth-order valence-electron chi connectivity index (χ4n) is 1.64. The molecule has 0 fully saturated rings. The zero-order valence-corrected chi connectivity index (χ0v) is 10.9. The Morgan fingerprint density at radius 3 is 2.59 bits per heavy atom. The summed E-state index contributed by atoms with van der Waals surface area (Å²) in [6, 6.07) is 6.45. The van der Waals surface area contributed by atoms with E-state index in [1.165, 1.54) is 6.07 Å². The molecule has 0 aliphatic rings. The average Bonchev–Trinajstić information content (AvgIpc) is 2.28. The van der Waals surface area contributed by atoms with E-state index in [1.807, 2.05) is 13.8 Å². The topological polar surface area (TPSA) is 84.2 Å². The van der Waals surface area contributed by atoms with Crippen LogP contribution in [0.15, 0.2) is 29.2 Å². The van der Waals surface area contributed by atoms with E-state index < -0.39 is 10.0 Å². The predicted molar refractivity (Wildman–Crippen MR) is 68.9 cm³/mol. The van der Waals surface area contributed by atoms with Crippen molar-refractivity contribution in [2.75, 3.05) is 5.43 Å².